The van der Waals surface area contributed by atoms with Crippen LogP contribution >= 0.6 is 0 Å². The first kappa shape index (κ1) is 13.6. The molecule has 1 saturated heterocycles. The molecule has 19 heavy (non-hydrogen) atoms. The Morgan fingerprint density at radius 1 is 1.42 bits per heavy atom. The van der Waals surface area contributed by atoms with E-state index in [0.29, 0.717) is 12.2 Å². The topological polar surface area (TPSA) is 93.7 Å². The van der Waals surface area contributed by atoms with Gasteiger partial charge in [-0.15, -0.1) is 0 Å². The van der Waals surface area contributed by atoms with Crippen LogP contribution in [0.25, 0.3) is 0 Å². The minimum Gasteiger partial charge on any atom is -0.393 e. The number of benzene rings is 1. The number of nitrogens with one attached hydrogen (secondary N) is 1. The zero-order chi connectivity index (χ0) is 13.7. The standard InChI is InChI=1S/C12H18N4O3/c13-10-2-1-3-11(12(10)16(17)18)14-4-5-15-6-8-19-9-7-15/h1-3,14H,4-9,13H2. The summed E-state index contributed by atoms with van der Waals surface area (Å²) >= 11 is 0. The van der Waals surface area contributed by atoms with Crippen molar-refractivity contribution < 1.29 is 9.66 Å². The van der Waals surface area contributed by atoms with Crippen LogP contribution in [0.15, 0.2) is 18.2 Å². The van der Waals surface area contributed by atoms with Crippen LogP contribution in [0.2, 0.25) is 0 Å². The first-order valence-electron chi connectivity index (χ1n) is 6.25. The number of ether oxygens (including phenoxy) is 1. The number of morpholine rings is 1. The minimum absolute atomic E-state index is 0.0514. The summed E-state index contributed by atoms with van der Waals surface area (Å²) in [5.74, 6) is 0. The molecule has 1 aliphatic heterocycles. The monoisotopic (exact) mass is 266 g/mol. The molecule has 0 saturated carbocycles. The van der Waals surface area contributed by atoms with Crippen molar-refractivity contribution in [3.63, 3.8) is 0 Å². The lowest BCUT2D eigenvalue weighted by atomic mass is 10.2. The molecule has 1 aliphatic rings. The van der Waals surface area contributed by atoms with Gasteiger partial charge in [0.15, 0.2) is 0 Å². The van der Waals surface area contributed by atoms with E-state index in [9.17, 15) is 10.1 Å². The van der Waals surface area contributed by atoms with Crippen LogP contribution in [0.4, 0.5) is 17.1 Å². The molecular formula is C12H18N4O3. The molecule has 1 aromatic rings. The zero-order valence-electron chi connectivity index (χ0n) is 10.7. The van der Waals surface area contributed by atoms with Crippen molar-refractivity contribution >= 4 is 17.1 Å². The number of anilines is 2. The predicted octanol–water partition coefficient (Wildman–Crippen LogP) is 0.921. The number of para-hydroxylation sites is 1. The minimum atomic E-state index is -0.452. The summed E-state index contributed by atoms with van der Waals surface area (Å²) in [6, 6.07) is 4.92. The number of nitro benzene ring substituents is 1. The number of hydrogen-bond donors (Lipinski definition) is 2. The molecule has 0 aliphatic carbocycles. The highest BCUT2D eigenvalue weighted by Gasteiger charge is 2.17. The van der Waals surface area contributed by atoms with Crippen molar-refractivity contribution in [1.82, 2.24) is 4.90 Å². The summed E-state index contributed by atoms with van der Waals surface area (Å²) in [4.78, 5) is 12.8. The first-order chi connectivity index (χ1) is 9.18. The molecule has 2 rings (SSSR count). The van der Waals surface area contributed by atoms with Crippen LogP contribution in [0, 0.1) is 10.1 Å². The number of hydrogen-bond acceptors (Lipinski definition) is 6. The Kier molecular flexibility index (Phi) is 4.53. The van der Waals surface area contributed by atoms with Gasteiger partial charge in [0.25, 0.3) is 0 Å². The van der Waals surface area contributed by atoms with E-state index in [-0.39, 0.29) is 11.4 Å². The van der Waals surface area contributed by atoms with Crippen molar-refractivity contribution in [3.8, 4) is 0 Å². The maximum atomic E-state index is 11.0. The highest BCUT2D eigenvalue weighted by molar-refractivity contribution is 5.74. The van der Waals surface area contributed by atoms with Crippen LogP contribution in [-0.4, -0.2) is 49.2 Å². The summed E-state index contributed by atoms with van der Waals surface area (Å²) < 4.78 is 5.26. The van der Waals surface area contributed by atoms with Crippen LogP contribution in [-0.2, 0) is 4.74 Å². The molecule has 1 aromatic carbocycles. The van der Waals surface area contributed by atoms with Crippen molar-refractivity contribution in [3.05, 3.63) is 28.3 Å². The Morgan fingerprint density at radius 3 is 2.84 bits per heavy atom. The van der Waals surface area contributed by atoms with Crippen molar-refractivity contribution in [2.75, 3.05) is 50.4 Å². The maximum Gasteiger partial charge on any atom is 0.314 e. The van der Waals surface area contributed by atoms with E-state index in [1.54, 1.807) is 12.1 Å². The van der Waals surface area contributed by atoms with Gasteiger partial charge in [0.05, 0.1) is 18.1 Å². The predicted molar refractivity (Wildman–Crippen MR) is 73.3 cm³/mol. The molecule has 0 bridgehead atoms. The lowest BCUT2D eigenvalue weighted by Gasteiger charge is -2.26. The van der Waals surface area contributed by atoms with Gasteiger partial charge in [0, 0.05) is 26.2 Å². The van der Waals surface area contributed by atoms with Gasteiger partial charge in [0.1, 0.15) is 11.4 Å². The van der Waals surface area contributed by atoms with Crippen LogP contribution in [0.5, 0.6) is 0 Å². The highest BCUT2D eigenvalue weighted by Crippen LogP contribution is 2.30. The van der Waals surface area contributed by atoms with Crippen molar-refractivity contribution in [1.29, 1.82) is 0 Å². The molecule has 7 heteroatoms. The second-order valence-corrected chi connectivity index (χ2v) is 4.38. The van der Waals surface area contributed by atoms with E-state index >= 15 is 0 Å². The number of nitrogens with two attached hydrogens (primary N) is 1. The van der Waals surface area contributed by atoms with E-state index in [4.69, 9.17) is 10.5 Å². The molecule has 0 aromatic heterocycles. The Labute approximate surface area is 111 Å². The van der Waals surface area contributed by atoms with Crippen molar-refractivity contribution in [2.45, 2.75) is 0 Å². The largest absolute Gasteiger partial charge is 0.393 e. The van der Waals surface area contributed by atoms with E-state index < -0.39 is 4.92 Å². The molecule has 3 N–H and O–H groups in total. The normalized spacial score (nSPS) is 16.2. The van der Waals surface area contributed by atoms with E-state index in [1.165, 1.54) is 6.07 Å². The molecule has 0 unspecified atom stereocenters. The van der Waals surface area contributed by atoms with Gasteiger partial charge in [-0.2, -0.15) is 0 Å². The number of nitrogens with zero attached hydrogens (tertiary/aromatic N) is 2. The second kappa shape index (κ2) is 6.35. The van der Waals surface area contributed by atoms with E-state index in [0.717, 1.165) is 32.8 Å². The SMILES string of the molecule is Nc1cccc(NCCN2CCOCC2)c1[N+](=O)[O-]. The first-order valence-corrected chi connectivity index (χ1v) is 6.25. The van der Waals surface area contributed by atoms with Gasteiger partial charge in [-0.25, -0.2) is 0 Å². The van der Waals surface area contributed by atoms with Gasteiger partial charge in [0.2, 0.25) is 0 Å². The third kappa shape index (κ3) is 3.55. The molecule has 1 heterocycles. The second-order valence-electron chi connectivity index (χ2n) is 4.38. The Morgan fingerprint density at radius 2 is 2.16 bits per heavy atom. The Bertz CT molecular complexity index is 447. The fraction of sp³-hybridized carbons (Fsp3) is 0.500. The smallest absolute Gasteiger partial charge is 0.314 e. The number of nitrogen functional groups attached to an aromatic ring is 1. The van der Waals surface area contributed by atoms with E-state index in [1.807, 2.05) is 0 Å². The lowest BCUT2D eigenvalue weighted by Crippen LogP contribution is -2.39. The lowest BCUT2D eigenvalue weighted by molar-refractivity contribution is -0.383. The highest BCUT2D eigenvalue weighted by atomic mass is 16.6. The Balaban J connectivity index is 1.92. The molecular weight excluding hydrogens is 248 g/mol. The van der Waals surface area contributed by atoms with Crippen LogP contribution in [0.3, 0.4) is 0 Å². The third-order valence-corrected chi connectivity index (χ3v) is 3.10. The van der Waals surface area contributed by atoms with Crippen molar-refractivity contribution in [2.24, 2.45) is 0 Å². The third-order valence-electron chi connectivity index (χ3n) is 3.10. The average Bonchev–Trinajstić information content (AvgIpc) is 2.39. The van der Waals surface area contributed by atoms with Gasteiger partial charge >= 0.3 is 5.69 Å². The summed E-state index contributed by atoms with van der Waals surface area (Å²) in [5.41, 5.74) is 6.23. The fourth-order valence-electron chi connectivity index (χ4n) is 2.08. The van der Waals surface area contributed by atoms with Crippen LogP contribution in [0.1, 0.15) is 0 Å². The quantitative estimate of drug-likeness (QED) is 0.467. The molecule has 0 amide bonds. The molecule has 0 atom stereocenters. The van der Waals surface area contributed by atoms with Gasteiger partial charge in [-0.3, -0.25) is 15.0 Å². The molecule has 1 fully saturated rings. The number of nitro groups is 1. The zero-order valence-corrected chi connectivity index (χ0v) is 10.7. The van der Waals surface area contributed by atoms with E-state index in [2.05, 4.69) is 10.2 Å². The summed E-state index contributed by atoms with van der Waals surface area (Å²) in [6.07, 6.45) is 0. The average molecular weight is 266 g/mol. The molecule has 0 radical (unpaired) electrons. The van der Waals surface area contributed by atoms with Gasteiger partial charge in [-0.1, -0.05) is 6.07 Å². The van der Waals surface area contributed by atoms with Gasteiger partial charge in [-0.05, 0) is 12.1 Å². The van der Waals surface area contributed by atoms with Gasteiger partial charge < -0.3 is 15.8 Å². The Hall–Kier alpha value is -1.86. The maximum absolute atomic E-state index is 11.0. The molecule has 7 nitrogen and oxygen atoms in total. The molecule has 104 valence electrons. The molecule has 0 spiro atoms. The number of rotatable bonds is 5. The summed E-state index contributed by atoms with van der Waals surface area (Å²) in [6.45, 7) is 4.78. The summed E-state index contributed by atoms with van der Waals surface area (Å²) in [7, 11) is 0. The van der Waals surface area contributed by atoms with Crippen LogP contribution < -0.4 is 11.1 Å². The fourth-order valence-corrected chi connectivity index (χ4v) is 2.08. The summed E-state index contributed by atoms with van der Waals surface area (Å²) in [5, 5.41) is 14.0.